The Labute approximate surface area is 132 Å². The minimum absolute atomic E-state index is 0.188. The number of aromatic nitrogens is 2. The van der Waals surface area contributed by atoms with E-state index in [0.717, 1.165) is 14.2 Å². The number of carboxylic acids is 1. The molecule has 21 heavy (non-hydrogen) atoms. The van der Waals surface area contributed by atoms with Gasteiger partial charge < -0.3 is 9.63 Å². The van der Waals surface area contributed by atoms with Crippen LogP contribution in [-0.2, 0) is 0 Å². The molecule has 0 bridgehead atoms. The van der Waals surface area contributed by atoms with Crippen LogP contribution in [0, 0.1) is 6.92 Å². The first kappa shape index (κ1) is 14.0. The lowest BCUT2D eigenvalue weighted by Gasteiger charge is -1.96. The number of aryl methyl sites for hydroxylation is 1. The number of carboxylic acid groups (broad SMARTS) is 1. The summed E-state index contributed by atoms with van der Waals surface area (Å²) in [5.74, 6) is -0.196. The van der Waals surface area contributed by atoms with Crippen molar-refractivity contribution in [2.75, 3.05) is 0 Å². The van der Waals surface area contributed by atoms with E-state index >= 15 is 0 Å². The molecule has 1 N–H and O–H groups in total. The molecule has 0 fully saturated rings. The summed E-state index contributed by atoms with van der Waals surface area (Å²) >= 11 is 4.96. The molecule has 0 unspecified atom stereocenters. The van der Waals surface area contributed by atoms with Crippen LogP contribution >= 0.6 is 27.3 Å². The van der Waals surface area contributed by atoms with Crippen molar-refractivity contribution in [2.24, 2.45) is 0 Å². The first-order valence-corrected chi connectivity index (χ1v) is 7.59. The Morgan fingerprint density at radius 3 is 2.86 bits per heavy atom. The van der Waals surface area contributed by atoms with Crippen molar-refractivity contribution in [2.45, 2.75) is 6.92 Å². The Hall–Kier alpha value is -1.99. The Bertz CT molecular complexity index is 806. The Morgan fingerprint density at radius 1 is 1.38 bits per heavy atom. The van der Waals surface area contributed by atoms with Gasteiger partial charge in [0.25, 0.3) is 5.89 Å². The summed E-state index contributed by atoms with van der Waals surface area (Å²) in [6, 6.07) is 8.40. The minimum atomic E-state index is -0.988. The molecular weight excluding hydrogens is 356 g/mol. The lowest BCUT2D eigenvalue weighted by Crippen LogP contribution is -1.96. The van der Waals surface area contributed by atoms with Crippen LogP contribution in [-0.4, -0.2) is 21.2 Å². The van der Waals surface area contributed by atoms with E-state index in [-0.39, 0.29) is 5.56 Å². The number of halogens is 1. The number of thiophene rings is 1. The Morgan fingerprint density at radius 2 is 2.19 bits per heavy atom. The highest BCUT2D eigenvalue weighted by molar-refractivity contribution is 9.11. The number of rotatable bonds is 3. The average Bonchev–Trinajstić information content (AvgIpc) is 3.07. The van der Waals surface area contributed by atoms with E-state index in [1.807, 2.05) is 13.0 Å². The molecule has 5 nitrogen and oxygen atoms in total. The number of benzene rings is 1. The third-order valence-corrected chi connectivity index (χ3v) is 4.99. The highest BCUT2D eigenvalue weighted by Gasteiger charge is 2.15. The molecule has 2 aromatic heterocycles. The van der Waals surface area contributed by atoms with Gasteiger partial charge in [-0.05, 0) is 46.6 Å². The zero-order valence-electron chi connectivity index (χ0n) is 10.8. The molecule has 0 saturated heterocycles. The molecule has 0 amide bonds. The number of aromatic carboxylic acids is 1. The zero-order valence-corrected chi connectivity index (χ0v) is 13.2. The van der Waals surface area contributed by atoms with Gasteiger partial charge in [-0.2, -0.15) is 4.98 Å². The fourth-order valence-electron chi connectivity index (χ4n) is 1.80. The second-order valence-electron chi connectivity index (χ2n) is 4.38. The molecule has 0 aliphatic heterocycles. The molecule has 2 heterocycles. The average molecular weight is 365 g/mol. The molecule has 0 atom stereocenters. The fourth-order valence-corrected chi connectivity index (χ4v) is 3.25. The molecule has 0 aliphatic rings. The molecule has 106 valence electrons. The number of hydrogen-bond donors (Lipinski definition) is 1. The van der Waals surface area contributed by atoms with Gasteiger partial charge in [0, 0.05) is 5.56 Å². The van der Waals surface area contributed by atoms with Crippen molar-refractivity contribution in [3.63, 3.8) is 0 Å². The third kappa shape index (κ3) is 2.74. The minimum Gasteiger partial charge on any atom is -0.478 e. The Balaban J connectivity index is 1.98. The van der Waals surface area contributed by atoms with Crippen LogP contribution in [0.25, 0.3) is 22.2 Å². The number of nitrogens with zero attached hydrogens (tertiary/aromatic N) is 2. The molecular formula is C14H9BrN2O3S. The summed E-state index contributed by atoms with van der Waals surface area (Å²) in [7, 11) is 0. The summed E-state index contributed by atoms with van der Waals surface area (Å²) in [5.41, 5.74) is 1.90. The van der Waals surface area contributed by atoms with Crippen LogP contribution in [0.4, 0.5) is 0 Å². The number of hydrogen-bond acceptors (Lipinski definition) is 5. The second kappa shape index (κ2) is 5.42. The summed E-state index contributed by atoms with van der Waals surface area (Å²) in [6.45, 7) is 1.98. The van der Waals surface area contributed by atoms with Crippen molar-refractivity contribution in [1.29, 1.82) is 0 Å². The van der Waals surface area contributed by atoms with Crippen LogP contribution < -0.4 is 0 Å². The Kier molecular flexibility index (Phi) is 3.60. The van der Waals surface area contributed by atoms with Gasteiger partial charge in [-0.1, -0.05) is 17.3 Å². The summed E-state index contributed by atoms with van der Waals surface area (Å²) in [6.07, 6.45) is 0. The predicted molar refractivity (Wildman–Crippen MR) is 82.4 cm³/mol. The molecule has 7 heteroatoms. The third-order valence-electron chi connectivity index (χ3n) is 2.86. The highest BCUT2D eigenvalue weighted by atomic mass is 79.9. The zero-order chi connectivity index (χ0) is 15.0. The van der Waals surface area contributed by atoms with Gasteiger partial charge in [0.05, 0.1) is 14.2 Å². The van der Waals surface area contributed by atoms with Gasteiger partial charge in [-0.25, -0.2) is 4.79 Å². The van der Waals surface area contributed by atoms with Crippen LogP contribution in [0.1, 0.15) is 15.9 Å². The molecule has 3 aromatic rings. The molecule has 0 spiro atoms. The maximum atomic E-state index is 11.0. The maximum Gasteiger partial charge on any atom is 0.335 e. The van der Waals surface area contributed by atoms with E-state index in [0.29, 0.717) is 17.3 Å². The van der Waals surface area contributed by atoms with Gasteiger partial charge in [-0.3, -0.25) is 0 Å². The predicted octanol–water partition coefficient (Wildman–Crippen LogP) is 4.23. The van der Waals surface area contributed by atoms with Crippen LogP contribution in [0.5, 0.6) is 0 Å². The topological polar surface area (TPSA) is 76.2 Å². The van der Waals surface area contributed by atoms with E-state index in [9.17, 15) is 4.79 Å². The van der Waals surface area contributed by atoms with Gasteiger partial charge in [0.2, 0.25) is 5.82 Å². The van der Waals surface area contributed by atoms with Crippen LogP contribution in [0.2, 0.25) is 0 Å². The monoisotopic (exact) mass is 364 g/mol. The summed E-state index contributed by atoms with van der Waals surface area (Å²) in [4.78, 5) is 16.2. The first-order chi connectivity index (χ1) is 10.0. The quantitative estimate of drug-likeness (QED) is 0.752. The molecule has 0 radical (unpaired) electrons. The smallest absolute Gasteiger partial charge is 0.335 e. The molecule has 0 aliphatic carbocycles. The van der Waals surface area contributed by atoms with Gasteiger partial charge in [0.15, 0.2) is 0 Å². The van der Waals surface area contributed by atoms with Crippen molar-refractivity contribution in [3.8, 4) is 22.2 Å². The standard InChI is InChI=1S/C14H9BrN2O3S/c1-7-5-10(21-11(7)15)13-16-12(17-20-13)8-3-2-4-9(6-8)14(18)19/h2-6H,1H3,(H,18,19). The van der Waals surface area contributed by atoms with Crippen molar-refractivity contribution in [1.82, 2.24) is 10.1 Å². The maximum absolute atomic E-state index is 11.0. The van der Waals surface area contributed by atoms with Crippen molar-refractivity contribution >= 4 is 33.2 Å². The molecule has 0 saturated carbocycles. The van der Waals surface area contributed by atoms with Crippen molar-refractivity contribution < 1.29 is 14.4 Å². The largest absolute Gasteiger partial charge is 0.478 e. The SMILES string of the molecule is Cc1cc(-c2nc(-c3cccc(C(=O)O)c3)no2)sc1Br. The van der Waals surface area contributed by atoms with E-state index in [1.165, 1.54) is 23.5 Å². The second-order valence-corrected chi connectivity index (χ2v) is 6.75. The van der Waals surface area contributed by atoms with E-state index in [4.69, 9.17) is 9.63 Å². The van der Waals surface area contributed by atoms with Gasteiger partial charge in [-0.15, -0.1) is 11.3 Å². The summed E-state index contributed by atoms with van der Waals surface area (Å²) < 4.78 is 6.27. The van der Waals surface area contributed by atoms with E-state index < -0.39 is 5.97 Å². The van der Waals surface area contributed by atoms with Gasteiger partial charge >= 0.3 is 5.97 Å². The number of carbonyl (C=O) groups is 1. The highest BCUT2D eigenvalue weighted by Crippen LogP contribution is 2.34. The van der Waals surface area contributed by atoms with Gasteiger partial charge in [0.1, 0.15) is 0 Å². The van der Waals surface area contributed by atoms with Crippen LogP contribution in [0.3, 0.4) is 0 Å². The lowest BCUT2D eigenvalue weighted by atomic mass is 10.1. The van der Waals surface area contributed by atoms with Crippen LogP contribution in [0.15, 0.2) is 38.6 Å². The van der Waals surface area contributed by atoms with Crippen molar-refractivity contribution in [3.05, 3.63) is 45.2 Å². The lowest BCUT2D eigenvalue weighted by molar-refractivity contribution is 0.0697. The fraction of sp³-hybridized carbons (Fsp3) is 0.0714. The van der Waals surface area contributed by atoms with E-state index in [1.54, 1.807) is 12.1 Å². The molecule has 3 rings (SSSR count). The molecule has 1 aromatic carbocycles. The van der Waals surface area contributed by atoms with E-state index in [2.05, 4.69) is 26.1 Å². The summed E-state index contributed by atoms with van der Waals surface area (Å²) in [5, 5.41) is 12.9. The normalized spacial score (nSPS) is 10.8. The first-order valence-electron chi connectivity index (χ1n) is 5.98.